The zero-order chi connectivity index (χ0) is 30.2. The fourth-order valence-corrected chi connectivity index (χ4v) is 4.43. The number of hydrogen-bond donors (Lipinski definition) is 9. The fourth-order valence-electron chi connectivity index (χ4n) is 3.38. The maximum Gasteiger partial charge on any atom is 1.20 e. The molecule has 0 heterocycles. The van der Waals surface area contributed by atoms with Gasteiger partial charge >= 0.3 is 33.1 Å². The Kier molecular flexibility index (Phi) is 7.99. The quantitative estimate of drug-likeness (QED) is 0.150. The van der Waals surface area contributed by atoms with E-state index in [-0.39, 0.29) is 16.7 Å². The first kappa shape index (κ1) is 29.4. The van der Waals surface area contributed by atoms with Gasteiger partial charge in [0.25, 0.3) is 0 Å². The molecule has 0 saturated heterocycles. The minimum absolute atomic E-state index is 0.279. The molecule has 0 spiro atoms. The largest absolute Gasteiger partial charge is 1.20 e. The van der Waals surface area contributed by atoms with Crippen molar-refractivity contribution in [3.8, 4) is 51.7 Å². The average molecular weight is 576 g/mol. The number of rotatable bonds is 6. The summed E-state index contributed by atoms with van der Waals surface area (Å²) in [5.41, 5.74) is -2.45. The van der Waals surface area contributed by atoms with E-state index in [1.165, 1.54) is 0 Å². The lowest BCUT2D eigenvalue weighted by Gasteiger charge is -2.17. The van der Waals surface area contributed by atoms with Gasteiger partial charge in [-0.1, -0.05) is 0 Å². The first-order valence-corrected chi connectivity index (χ1v) is 12.3. The number of phenolic OH excluding ortho intramolecular Hbond substituents is 9. The third-order valence-electron chi connectivity index (χ3n) is 5.79. The lowest BCUT2D eigenvalue weighted by atomic mass is 10.1. The Labute approximate surface area is 228 Å². The second-order valence-electron chi connectivity index (χ2n) is 8.30. The summed E-state index contributed by atoms with van der Waals surface area (Å²) in [7, 11) is 0. The molecule has 0 radical (unpaired) electrons. The van der Waals surface area contributed by atoms with Crippen LogP contribution >= 0.6 is 0 Å². The molecule has 16 heteroatoms. The summed E-state index contributed by atoms with van der Waals surface area (Å²) >= 11 is -4.34. The number of hydrogen-bond acceptors (Lipinski definition) is 15. The molecule has 0 bridgehead atoms. The van der Waals surface area contributed by atoms with Gasteiger partial charge in [-0.25, -0.2) is 14.4 Å². The van der Waals surface area contributed by atoms with E-state index in [0.29, 0.717) is 18.2 Å². The first-order valence-electron chi connectivity index (χ1n) is 10.9. The molecule has 0 aromatic heterocycles. The summed E-state index contributed by atoms with van der Waals surface area (Å²) in [5, 5.41) is 88.1. The Balaban J connectivity index is 2.02. The van der Waals surface area contributed by atoms with E-state index >= 15 is 0 Å². The average Bonchev–Trinajstić information content (AvgIpc) is 2.90. The van der Waals surface area contributed by atoms with Crippen molar-refractivity contribution in [1.29, 1.82) is 0 Å². The fraction of sp³-hybridized carbons (Fsp3) is 0.125. The highest BCUT2D eigenvalue weighted by molar-refractivity contribution is 6.46. The van der Waals surface area contributed by atoms with Gasteiger partial charge in [0.2, 0.25) is 17.2 Å². The Morgan fingerprint density at radius 1 is 0.475 bits per heavy atom. The van der Waals surface area contributed by atoms with E-state index in [2.05, 4.69) is 0 Å². The SMILES string of the molecule is Cc1c(C(=O)[O][Al]([O]C(=O)c2cc(O)c(O)c(O)c2C)[O]C(=O)c2cc(O)c(O)c(O)c2C)cc(O)c(O)c1O. The maximum atomic E-state index is 12.9. The monoisotopic (exact) mass is 576 g/mol. The molecule has 0 aliphatic carbocycles. The predicted molar refractivity (Wildman–Crippen MR) is 131 cm³/mol. The number of phenols is 9. The molecule has 0 amide bonds. The Bertz CT molecular complexity index is 1380. The molecule has 3 rings (SSSR count). The van der Waals surface area contributed by atoms with Gasteiger partial charge in [-0.15, -0.1) is 0 Å². The van der Waals surface area contributed by atoms with Gasteiger partial charge in [-0.3, -0.25) is 0 Å². The summed E-state index contributed by atoms with van der Waals surface area (Å²) in [4.78, 5) is 38.6. The van der Waals surface area contributed by atoms with E-state index in [0.717, 1.165) is 20.8 Å². The third-order valence-corrected chi connectivity index (χ3v) is 7.01. The van der Waals surface area contributed by atoms with Crippen LogP contribution in [-0.2, 0) is 11.4 Å². The van der Waals surface area contributed by atoms with E-state index < -0.39 is 101 Å². The van der Waals surface area contributed by atoms with Gasteiger partial charge in [-0.05, 0) is 39.0 Å². The summed E-state index contributed by atoms with van der Waals surface area (Å²) in [6.07, 6.45) is 0. The van der Waals surface area contributed by atoms with Gasteiger partial charge in [0.1, 0.15) is 0 Å². The molecule has 0 saturated carbocycles. The molecular weight excluding hydrogens is 555 g/mol. The van der Waals surface area contributed by atoms with Gasteiger partial charge in [0.05, 0.1) is 16.7 Å². The van der Waals surface area contributed by atoms with Gasteiger partial charge < -0.3 is 57.3 Å². The van der Waals surface area contributed by atoms with Gasteiger partial charge in [-0.2, -0.15) is 0 Å². The number of benzene rings is 3. The molecule has 0 atom stereocenters. The highest BCUT2D eigenvalue weighted by atomic mass is 27.3. The normalized spacial score (nSPS) is 10.6. The number of carbonyl (C=O) groups is 3. The van der Waals surface area contributed by atoms with E-state index in [9.17, 15) is 60.3 Å². The maximum absolute atomic E-state index is 12.9. The second kappa shape index (κ2) is 10.9. The van der Waals surface area contributed by atoms with E-state index in [1.54, 1.807) is 0 Å². The lowest BCUT2D eigenvalue weighted by Crippen LogP contribution is -2.35. The van der Waals surface area contributed by atoms with Crippen LogP contribution < -0.4 is 0 Å². The summed E-state index contributed by atoms with van der Waals surface area (Å²) in [6.45, 7) is 3.49. The summed E-state index contributed by atoms with van der Waals surface area (Å²) in [6, 6.07) is 2.13. The van der Waals surface area contributed by atoms with Crippen LogP contribution in [0.5, 0.6) is 51.7 Å². The van der Waals surface area contributed by atoms with Crippen LogP contribution in [0.25, 0.3) is 0 Å². The van der Waals surface area contributed by atoms with Crippen LogP contribution in [0, 0.1) is 20.8 Å². The highest BCUT2D eigenvalue weighted by Gasteiger charge is 2.50. The van der Waals surface area contributed by atoms with Crippen molar-refractivity contribution < 1.29 is 71.7 Å². The van der Waals surface area contributed by atoms with Crippen molar-refractivity contribution in [1.82, 2.24) is 0 Å². The summed E-state index contributed by atoms with van der Waals surface area (Å²) < 4.78 is 15.2. The topological polar surface area (TPSA) is 261 Å². The minimum Gasteiger partial charge on any atom is -0.547 e. The predicted octanol–water partition coefficient (Wildman–Crippen LogP) is 1.82. The molecule has 0 aliphatic rings. The molecule has 3 aromatic carbocycles. The van der Waals surface area contributed by atoms with Crippen molar-refractivity contribution in [3.63, 3.8) is 0 Å². The zero-order valence-corrected chi connectivity index (χ0v) is 21.9. The lowest BCUT2D eigenvalue weighted by molar-refractivity contribution is 0.0407. The third kappa shape index (κ3) is 5.34. The molecule has 9 N–H and O–H groups in total. The molecule has 0 fully saturated rings. The van der Waals surface area contributed by atoms with E-state index in [1.807, 2.05) is 0 Å². The van der Waals surface area contributed by atoms with Crippen molar-refractivity contribution in [3.05, 3.63) is 51.6 Å². The Morgan fingerprint density at radius 2 is 0.700 bits per heavy atom. The summed E-state index contributed by atoms with van der Waals surface area (Å²) in [5.74, 6) is -12.4. The molecule has 210 valence electrons. The second-order valence-corrected chi connectivity index (χ2v) is 9.59. The molecule has 0 unspecified atom stereocenters. The van der Waals surface area contributed by atoms with Gasteiger partial charge in [0, 0.05) is 16.7 Å². The highest BCUT2D eigenvalue weighted by Crippen LogP contribution is 2.41. The van der Waals surface area contributed by atoms with Crippen molar-refractivity contribution >= 4 is 33.1 Å². The molecule has 3 aromatic rings. The Hall–Kier alpha value is -5.20. The van der Waals surface area contributed by atoms with Crippen molar-refractivity contribution in [2.45, 2.75) is 20.8 Å². The zero-order valence-electron chi connectivity index (χ0n) is 20.8. The van der Waals surface area contributed by atoms with Crippen LogP contribution in [-0.4, -0.2) is 79.0 Å². The molecule has 15 nitrogen and oxygen atoms in total. The molecular formula is C24H21AlO15. The van der Waals surface area contributed by atoms with Crippen molar-refractivity contribution in [2.75, 3.05) is 0 Å². The van der Waals surface area contributed by atoms with Crippen molar-refractivity contribution in [2.24, 2.45) is 0 Å². The van der Waals surface area contributed by atoms with Crippen LogP contribution in [0.2, 0.25) is 0 Å². The smallest absolute Gasteiger partial charge is 0.547 e. The van der Waals surface area contributed by atoms with Crippen LogP contribution in [0.4, 0.5) is 0 Å². The number of carbonyl (C=O) groups excluding carboxylic acids is 3. The van der Waals surface area contributed by atoms with Crippen LogP contribution in [0.15, 0.2) is 18.2 Å². The van der Waals surface area contributed by atoms with Crippen LogP contribution in [0.3, 0.4) is 0 Å². The standard InChI is InChI=1S/3C8H8O5.Al/c3*1-3-4(8(12)13)2-5(9)7(11)6(3)10;/h3*2,9-11H,1H3,(H,12,13);/q;;;+3/p-3. The van der Waals surface area contributed by atoms with Crippen LogP contribution in [0.1, 0.15) is 47.8 Å². The van der Waals surface area contributed by atoms with E-state index in [4.69, 9.17) is 11.4 Å². The Morgan fingerprint density at radius 3 is 0.925 bits per heavy atom. The number of aromatic hydroxyl groups is 9. The molecule has 0 aliphatic heterocycles. The molecule has 40 heavy (non-hydrogen) atoms. The minimum atomic E-state index is -4.34. The first-order chi connectivity index (χ1) is 18.6. The van der Waals surface area contributed by atoms with Gasteiger partial charge in [0.15, 0.2) is 34.5 Å².